The van der Waals surface area contributed by atoms with Gasteiger partial charge in [-0.15, -0.1) is 0 Å². The van der Waals surface area contributed by atoms with E-state index in [1.807, 2.05) is 38.1 Å². The van der Waals surface area contributed by atoms with Crippen LogP contribution in [-0.4, -0.2) is 75.6 Å². The SMILES string of the molecule is COc1ccc(S(=O)(=O)N(CC(C)C)C[C@@H](O)[C@H](Cc2cccc(-c3cc(C)cc(C)c3)c2)NC(=O)O[C@H]2CCOC2)cc1. The summed E-state index contributed by atoms with van der Waals surface area (Å²) < 4.78 is 44.8. The fourth-order valence-electron chi connectivity index (χ4n) is 5.41. The molecule has 1 aliphatic heterocycles. The lowest BCUT2D eigenvalue weighted by molar-refractivity contribution is 0.0644. The molecule has 1 heterocycles. The van der Waals surface area contributed by atoms with Gasteiger partial charge < -0.3 is 24.6 Å². The molecule has 44 heavy (non-hydrogen) atoms. The number of aliphatic hydroxyl groups excluding tert-OH is 1. The average molecular weight is 625 g/mol. The Morgan fingerprint density at radius 1 is 1.02 bits per heavy atom. The van der Waals surface area contributed by atoms with E-state index in [0.717, 1.165) is 27.8 Å². The number of rotatable bonds is 13. The lowest BCUT2D eigenvalue weighted by Crippen LogP contribution is -2.51. The van der Waals surface area contributed by atoms with Crippen LogP contribution in [0.25, 0.3) is 11.1 Å². The highest BCUT2D eigenvalue weighted by Crippen LogP contribution is 2.25. The lowest BCUT2D eigenvalue weighted by Gasteiger charge is -2.31. The zero-order valence-electron chi connectivity index (χ0n) is 26.2. The molecule has 9 nitrogen and oxygen atoms in total. The maximum atomic E-state index is 13.7. The Balaban J connectivity index is 1.60. The minimum Gasteiger partial charge on any atom is -0.497 e. The first-order chi connectivity index (χ1) is 20.9. The van der Waals surface area contributed by atoms with Gasteiger partial charge in [0.15, 0.2) is 0 Å². The average Bonchev–Trinajstić information content (AvgIpc) is 3.49. The van der Waals surface area contributed by atoms with Crippen molar-refractivity contribution in [2.75, 3.05) is 33.4 Å². The van der Waals surface area contributed by atoms with Gasteiger partial charge >= 0.3 is 6.09 Å². The van der Waals surface area contributed by atoms with E-state index in [9.17, 15) is 18.3 Å². The zero-order valence-corrected chi connectivity index (χ0v) is 27.0. The first-order valence-corrected chi connectivity index (χ1v) is 16.4. The maximum Gasteiger partial charge on any atom is 0.407 e. The van der Waals surface area contributed by atoms with Gasteiger partial charge in [-0.2, -0.15) is 4.31 Å². The second-order valence-electron chi connectivity index (χ2n) is 11.9. The predicted molar refractivity (Wildman–Crippen MR) is 170 cm³/mol. The molecule has 3 atom stereocenters. The van der Waals surface area contributed by atoms with Gasteiger partial charge in [0.25, 0.3) is 0 Å². The molecule has 1 fully saturated rings. The number of benzene rings is 3. The quantitative estimate of drug-likeness (QED) is 0.272. The minimum absolute atomic E-state index is 0.0107. The van der Waals surface area contributed by atoms with Crippen LogP contribution in [0, 0.1) is 19.8 Å². The molecule has 10 heteroatoms. The Hall–Kier alpha value is -3.44. The van der Waals surface area contributed by atoms with Crippen LogP contribution in [0.5, 0.6) is 5.75 Å². The number of nitrogens with zero attached hydrogens (tertiary/aromatic N) is 1. The van der Waals surface area contributed by atoms with Gasteiger partial charge in [0, 0.05) is 19.5 Å². The van der Waals surface area contributed by atoms with Gasteiger partial charge in [-0.3, -0.25) is 0 Å². The molecule has 1 saturated heterocycles. The minimum atomic E-state index is -3.96. The van der Waals surface area contributed by atoms with Crippen LogP contribution in [0.2, 0.25) is 0 Å². The van der Waals surface area contributed by atoms with Crippen molar-refractivity contribution in [3.63, 3.8) is 0 Å². The van der Waals surface area contributed by atoms with E-state index in [2.05, 4.69) is 37.4 Å². The number of carbonyl (C=O) groups excluding carboxylic acids is 1. The first-order valence-electron chi connectivity index (χ1n) is 15.0. The Labute approximate surface area is 261 Å². The van der Waals surface area contributed by atoms with Gasteiger partial charge in [-0.25, -0.2) is 13.2 Å². The third-order valence-electron chi connectivity index (χ3n) is 7.52. The lowest BCUT2D eigenvalue weighted by atomic mass is 9.95. The van der Waals surface area contributed by atoms with Crippen LogP contribution in [-0.2, 0) is 25.9 Å². The second-order valence-corrected chi connectivity index (χ2v) is 13.8. The maximum absolute atomic E-state index is 13.7. The number of aliphatic hydroxyl groups is 1. The smallest absolute Gasteiger partial charge is 0.407 e. The number of aryl methyl sites for hydroxylation is 2. The molecule has 0 bridgehead atoms. The topological polar surface area (TPSA) is 114 Å². The van der Waals surface area contributed by atoms with Crippen LogP contribution < -0.4 is 10.1 Å². The van der Waals surface area contributed by atoms with Crippen molar-refractivity contribution < 1.29 is 32.5 Å². The summed E-state index contributed by atoms with van der Waals surface area (Å²) in [5, 5.41) is 14.4. The van der Waals surface area contributed by atoms with Gasteiger partial charge in [0.2, 0.25) is 10.0 Å². The van der Waals surface area contributed by atoms with Crippen LogP contribution >= 0.6 is 0 Å². The van der Waals surface area contributed by atoms with Gasteiger partial charge in [-0.05, 0) is 67.1 Å². The summed E-state index contributed by atoms with van der Waals surface area (Å²) in [6, 6.07) is 19.6. The number of hydrogen-bond acceptors (Lipinski definition) is 7. The standard InChI is InChI=1S/C34H44N2O7S/c1-23(2)20-36(44(39,40)31-11-9-29(41-5)10-12-31)21-33(37)32(35-34(38)43-30-13-14-42-22-30)19-26-7-6-8-27(18-26)28-16-24(3)15-25(4)17-28/h6-12,15-18,23,30,32-33,37H,13-14,19-22H2,1-5H3,(H,35,38)/t30-,32-,33+/m0/s1. The van der Waals surface area contributed by atoms with E-state index < -0.39 is 28.3 Å². The number of nitrogens with one attached hydrogen (secondary N) is 1. The van der Waals surface area contributed by atoms with Crippen molar-refractivity contribution in [1.82, 2.24) is 9.62 Å². The number of hydrogen-bond donors (Lipinski definition) is 2. The zero-order chi connectivity index (χ0) is 31.9. The number of carbonyl (C=O) groups is 1. The molecule has 0 radical (unpaired) electrons. The van der Waals surface area contributed by atoms with Crippen LogP contribution in [0.3, 0.4) is 0 Å². The second kappa shape index (κ2) is 15.0. The highest BCUT2D eigenvalue weighted by Gasteiger charge is 2.32. The van der Waals surface area contributed by atoms with Crippen molar-refractivity contribution in [1.29, 1.82) is 0 Å². The molecule has 2 N–H and O–H groups in total. The third-order valence-corrected chi connectivity index (χ3v) is 9.37. The van der Waals surface area contributed by atoms with E-state index in [0.29, 0.717) is 25.4 Å². The number of amides is 1. The summed E-state index contributed by atoms with van der Waals surface area (Å²) in [4.78, 5) is 13.1. The third kappa shape index (κ3) is 9.04. The predicted octanol–water partition coefficient (Wildman–Crippen LogP) is 5.11. The molecule has 0 aromatic heterocycles. The monoisotopic (exact) mass is 624 g/mol. The number of alkyl carbamates (subject to hydrolysis) is 1. The fourth-order valence-corrected chi connectivity index (χ4v) is 7.03. The summed E-state index contributed by atoms with van der Waals surface area (Å²) in [6.07, 6.45) is -1.43. The van der Waals surface area contributed by atoms with Crippen molar-refractivity contribution in [3.05, 3.63) is 83.4 Å². The number of methoxy groups -OCH3 is 1. The van der Waals surface area contributed by atoms with Gasteiger partial charge in [0.1, 0.15) is 11.9 Å². The molecule has 0 spiro atoms. The van der Waals surface area contributed by atoms with Gasteiger partial charge in [-0.1, -0.05) is 67.4 Å². The van der Waals surface area contributed by atoms with Crippen LogP contribution in [0.1, 0.15) is 37.0 Å². The number of ether oxygens (including phenoxy) is 3. The summed E-state index contributed by atoms with van der Waals surface area (Å²) in [5.74, 6) is 0.529. The van der Waals surface area contributed by atoms with Crippen LogP contribution in [0.15, 0.2) is 71.6 Å². The fraction of sp³-hybridized carbons (Fsp3) is 0.441. The molecule has 0 aliphatic carbocycles. The largest absolute Gasteiger partial charge is 0.497 e. The highest BCUT2D eigenvalue weighted by atomic mass is 32.2. The molecular formula is C34H44N2O7S. The summed E-state index contributed by atoms with van der Waals surface area (Å²) in [6.45, 7) is 8.74. The molecule has 0 saturated carbocycles. The highest BCUT2D eigenvalue weighted by molar-refractivity contribution is 7.89. The van der Waals surface area contributed by atoms with E-state index in [1.54, 1.807) is 12.1 Å². The van der Waals surface area contributed by atoms with E-state index >= 15 is 0 Å². The molecule has 1 aliphatic rings. The first kappa shape index (κ1) is 33.5. The molecule has 238 valence electrons. The molecule has 3 aromatic rings. The molecular weight excluding hydrogens is 580 g/mol. The normalized spacial score (nSPS) is 16.6. The van der Waals surface area contributed by atoms with Crippen molar-refractivity contribution in [2.24, 2.45) is 5.92 Å². The summed E-state index contributed by atoms with van der Waals surface area (Å²) in [7, 11) is -2.45. The Kier molecular flexibility index (Phi) is 11.4. The van der Waals surface area contributed by atoms with E-state index in [-0.39, 0.29) is 36.4 Å². The van der Waals surface area contributed by atoms with Crippen LogP contribution in [0.4, 0.5) is 4.79 Å². The Morgan fingerprint density at radius 3 is 2.34 bits per heavy atom. The van der Waals surface area contributed by atoms with E-state index in [4.69, 9.17) is 14.2 Å². The molecule has 1 amide bonds. The van der Waals surface area contributed by atoms with Gasteiger partial charge in [0.05, 0.1) is 37.4 Å². The Bertz CT molecular complexity index is 1480. The van der Waals surface area contributed by atoms with Crippen molar-refractivity contribution in [3.8, 4) is 16.9 Å². The molecule has 3 aromatic carbocycles. The van der Waals surface area contributed by atoms with E-state index in [1.165, 1.54) is 23.5 Å². The van der Waals surface area contributed by atoms with Crippen molar-refractivity contribution in [2.45, 2.75) is 63.7 Å². The Morgan fingerprint density at radius 2 is 1.73 bits per heavy atom. The molecule has 0 unspecified atom stereocenters. The summed E-state index contributed by atoms with van der Waals surface area (Å²) in [5.41, 5.74) is 5.27. The van der Waals surface area contributed by atoms with Crippen molar-refractivity contribution >= 4 is 16.1 Å². The summed E-state index contributed by atoms with van der Waals surface area (Å²) >= 11 is 0. The number of sulfonamides is 1. The molecule has 4 rings (SSSR count).